The van der Waals surface area contributed by atoms with Crippen molar-refractivity contribution >= 4 is 29.0 Å². The van der Waals surface area contributed by atoms with Crippen LogP contribution in [0.2, 0.25) is 10.2 Å². The molecule has 0 amide bonds. The molecule has 2 aliphatic rings. The predicted molar refractivity (Wildman–Crippen MR) is 104 cm³/mol. The number of hydrogen-bond acceptors (Lipinski definition) is 5. The lowest BCUT2D eigenvalue weighted by molar-refractivity contribution is 0.225. The van der Waals surface area contributed by atoms with E-state index < -0.39 is 0 Å². The molecule has 1 N–H and O–H groups in total. The molecule has 1 aliphatic heterocycles. The minimum absolute atomic E-state index is 0.158. The molecule has 0 unspecified atom stereocenters. The second-order valence-electron chi connectivity index (χ2n) is 7.34. The highest BCUT2D eigenvalue weighted by molar-refractivity contribution is 6.42. The van der Waals surface area contributed by atoms with Gasteiger partial charge in [-0.1, -0.05) is 36.0 Å². The van der Waals surface area contributed by atoms with E-state index in [4.69, 9.17) is 23.2 Å². The second-order valence-corrected chi connectivity index (χ2v) is 8.08. The SMILES string of the molecule is OCc1nc(-c2ccnc(Cl)c2Cl)cnc1N1CCC2(CCCC2)CC1. The van der Waals surface area contributed by atoms with Gasteiger partial charge >= 0.3 is 0 Å². The molecule has 4 rings (SSSR count). The third-order valence-electron chi connectivity index (χ3n) is 5.88. The molecule has 1 aliphatic carbocycles. The van der Waals surface area contributed by atoms with E-state index in [0.29, 0.717) is 27.4 Å². The summed E-state index contributed by atoms with van der Waals surface area (Å²) in [6.45, 7) is 1.79. The van der Waals surface area contributed by atoms with Gasteiger partial charge in [0, 0.05) is 24.8 Å². The number of piperidine rings is 1. The van der Waals surface area contributed by atoms with Crippen molar-refractivity contribution < 1.29 is 5.11 Å². The zero-order valence-electron chi connectivity index (χ0n) is 14.6. The molecule has 0 bridgehead atoms. The Balaban J connectivity index is 1.59. The van der Waals surface area contributed by atoms with Gasteiger partial charge in [0.25, 0.3) is 0 Å². The van der Waals surface area contributed by atoms with Gasteiger partial charge in [0.1, 0.15) is 10.8 Å². The van der Waals surface area contributed by atoms with Gasteiger partial charge in [0.2, 0.25) is 0 Å². The van der Waals surface area contributed by atoms with E-state index >= 15 is 0 Å². The average molecular weight is 393 g/mol. The lowest BCUT2D eigenvalue weighted by atomic mass is 9.77. The average Bonchev–Trinajstić information content (AvgIpc) is 3.12. The van der Waals surface area contributed by atoms with Crippen LogP contribution in [0.4, 0.5) is 5.82 Å². The van der Waals surface area contributed by atoms with Crippen molar-refractivity contribution in [1.82, 2.24) is 15.0 Å². The third kappa shape index (κ3) is 3.28. The molecular weight excluding hydrogens is 371 g/mol. The fourth-order valence-electron chi connectivity index (χ4n) is 4.35. The lowest BCUT2D eigenvalue weighted by Gasteiger charge is -2.40. The molecule has 2 fully saturated rings. The van der Waals surface area contributed by atoms with Crippen LogP contribution in [0.25, 0.3) is 11.3 Å². The van der Waals surface area contributed by atoms with E-state index in [1.54, 1.807) is 18.5 Å². The van der Waals surface area contributed by atoms with Gasteiger partial charge in [0.05, 0.1) is 23.5 Å². The van der Waals surface area contributed by atoms with Gasteiger partial charge in [-0.2, -0.15) is 0 Å². The number of aliphatic hydroxyl groups is 1. The fraction of sp³-hybridized carbons (Fsp3) is 0.526. The normalized spacial score (nSPS) is 19.3. The van der Waals surface area contributed by atoms with Crippen LogP contribution in [0, 0.1) is 5.41 Å². The first-order chi connectivity index (χ1) is 12.6. The molecule has 26 heavy (non-hydrogen) atoms. The quantitative estimate of drug-likeness (QED) is 0.779. The summed E-state index contributed by atoms with van der Waals surface area (Å²) in [5, 5.41) is 10.4. The maximum Gasteiger partial charge on any atom is 0.152 e. The highest BCUT2D eigenvalue weighted by atomic mass is 35.5. The highest BCUT2D eigenvalue weighted by Crippen LogP contribution is 2.46. The van der Waals surface area contributed by atoms with Gasteiger partial charge in [-0.05, 0) is 37.2 Å². The summed E-state index contributed by atoms with van der Waals surface area (Å²) in [6, 6.07) is 1.75. The first kappa shape index (κ1) is 18.0. The number of aliphatic hydroxyl groups excluding tert-OH is 1. The van der Waals surface area contributed by atoms with Crippen molar-refractivity contribution in [3.8, 4) is 11.3 Å². The number of halogens is 2. The second kappa shape index (κ2) is 7.29. The molecule has 5 nitrogen and oxygen atoms in total. The summed E-state index contributed by atoms with van der Waals surface area (Å²) in [5.41, 5.74) is 2.39. The Kier molecular flexibility index (Phi) is 5.04. The lowest BCUT2D eigenvalue weighted by Crippen LogP contribution is -2.39. The molecule has 0 aromatic carbocycles. The first-order valence-electron chi connectivity index (χ1n) is 9.14. The molecule has 3 heterocycles. The Hall–Kier alpha value is -1.43. The minimum atomic E-state index is -0.158. The van der Waals surface area contributed by atoms with Crippen molar-refractivity contribution in [3.63, 3.8) is 0 Å². The van der Waals surface area contributed by atoms with Crippen LogP contribution < -0.4 is 4.90 Å². The number of aromatic nitrogens is 3. The molecule has 2 aromatic rings. The molecule has 0 atom stereocenters. The van der Waals surface area contributed by atoms with Crippen LogP contribution in [-0.4, -0.2) is 33.1 Å². The maximum absolute atomic E-state index is 9.85. The summed E-state index contributed by atoms with van der Waals surface area (Å²) >= 11 is 12.2. The Morgan fingerprint density at radius 3 is 2.50 bits per heavy atom. The maximum atomic E-state index is 9.85. The molecule has 2 aromatic heterocycles. The zero-order valence-corrected chi connectivity index (χ0v) is 16.1. The van der Waals surface area contributed by atoms with Crippen LogP contribution in [-0.2, 0) is 6.61 Å². The summed E-state index contributed by atoms with van der Waals surface area (Å²) in [5.74, 6) is 0.778. The molecule has 1 saturated heterocycles. The molecular formula is C19H22Cl2N4O. The van der Waals surface area contributed by atoms with Crippen LogP contribution >= 0.6 is 23.2 Å². The third-order valence-corrected chi connectivity index (χ3v) is 6.65. The van der Waals surface area contributed by atoms with Gasteiger partial charge in [-0.3, -0.25) is 0 Å². The summed E-state index contributed by atoms with van der Waals surface area (Å²) in [6.07, 6.45) is 11.1. The van der Waals surface area contributed by atoms with Crippen molar-refractivity contribution in [2.75, 3.05) is 18.0 Å². The van der Waals surface area contributed by atoms with E-state index in [-0.39, 0.29) is 11.8 Å². The highest BCUT2D eigenvalue weighted by Gasteiger charge is 2.37. The van der Waals surface area contributed by atoms with Crippen LogP contribution in [0.15, 0.2) is 18.5 Å². The van der Waals surface area contributed by atoms with E-state index in [1.165, 1.54) is 38.5 Å². The van der Waals surface area contributed by atoms with Crippen molar-refractivity contribution in [3.05, 3.63) is 34.3 Å². The van der Waals surface area contributed by atoms with Gasteiger partial charge in [-0.25, -0.2) is 15.0 Å². The topological polar surface area (TPSA) is 62.1 Å². The Morgan fingerprint density at radius 2 is 1.81 bits per heavy atom. The van der Waals surface area contributed by atoms with Crippen molar-refractivity contribution in [2.45, 2.75) is 45.1 Å². The van der Waals surface area contributed by atoms with Crippen LogP contribution in [0.3, 0.4) is 0 Å². The fourth-order valence-corrected chi connectivity index (χ4v) is 4.72. The Labute approximate surface area is 163 Å². The number of nitrogens with zero attached hydrogens (tertiary/aromatic N) is 4. The smallest absolute Gasteiger partial charge is 0.152 e. The van der Waals surface area contributed by atoms with Gasteiger partial charge in [-0.15, -0.1) is 0 Å². The van der Waals surface area contributed by atoms with Crippen LogP contribution in [0.5, 0.6) is 0 Å². The molecule has 1 spiro atoms. The molecule has 1 saturated carbocycles. The summed E-state index contributed by atoms with van der Waals surface area (Å²) in [4.78, 5) is 15.4. The Bertz CT molecular complexity index is 798. The van der Waals surface area contributed by atoms with E-state index in [9.17, 15) is 5.11 Å². The molecule has 7 heteroatoms. The summed E-state index contributed by atoms with van der Waals surface area (Å²) in [7, 11) is 0. The number of hydrogen-bond donors (Lipinski definition) is 1. The number of anilines is 1. The Morgan fingerprint density at radius 1 is 1.08 bits per heavy atom. The first-order valence-corrected chi connectivity index (χ1v) is 9.90. The number of pyridine rings is 1. The largest absolute Gasteiger partial charge is 0.390 e. The van der Waals surface area contributed by atoms with E-state index in [2.05, 4.69) is 19.9 Å². The van der Waals surface area contributed by atoms with Crippen LogP contribution in [0.1, 0.15) is 44.2 Å². The summed E-state index contributed by atoms with van der Waals surface area (Å²) < 4.78 is 0. The molecule has 0 radical (unpaired) electrons. The van der Waals surface area contributed by atoms with Gasteiger partial charge in [0.15, 0.2) is 5.82 Å². The zero-order chi connectivity index (χ0) is 18.1. The molecule has 138 valence electrons. The standard InChI is InChI=1S/C19H22Cl2N4O/c20-16-13(3-8-22-17(16)21)14-11-23-18(15(12-26)24-14)25-9-6-19(7-10-25)4-1-2-5-19/h3,8,11,26H,1-2,4-7,9-10,12H2. The predicted octanol–water partition coefficient (Wildman–Crippen LogP) is 4.50. The monoisotopic (exact) mass is 392 g/mol. The van der Waals surface area contributed by atoms with E-state index in [1.807, 2.05) is 0 Å². The number of rotatable bonds is 3. The van der Waals surface area contributed by atoms with Crippen molar-refractivity contribution in [1.29, 1.82) is 0 Å². The van der Waals surface area contributed by atoms with E-state index in [0.717, 1.165) is 18.9 Å². The minimum Gasteiger partial charge on any atom is -0.390 e. The van der Waals surface area contributed by atoms with Gasteiger partial charge < -0.3 is 10.0 Å². The van der Waals surface area contributed by atoms with Crippen molar-refractivity contribution in [2.24, 2.45) is 5.41 Å².